The van der Waals surface area contributed by atoms with Crippen LogP contribution in [0.15, 0.2) is 20.0 Å². The molecule has 1 saturated heterocycles. The molecule has 0 saturated carbocycles. The van der Waals surface area contributed by atoms with Gasteiger partial charge in [0.25, 0.3) is 0 Å². The summed E-state index contributed by atoms with van der Waals surface area (Å²) in [6.45, 7) is 0.701. The first kappa shape index (κ1) is 15.5. The lowest BCUT2D eigenvalue weighted by Crippen LogP contribution is -2.29. The average Bonchev–Trinajstić information content (AvgIpc) is 2.96. The molecule has 20 heavy (non-hydrogen) atoms. The topological polar surface area (TPSA) is 108 Å². The Balaban J connectivity index is 2.25. The fourth-order valence-corrected chi connectivity index (χ4v) is 4.64. The zero-order chi connectivity index (χ0) is 14.9. The summed E-state index contributed by atoms with van der Waals surface area (Å²) >= 11 is 2.94. The molecule has 112 valence electrons. The molecule has 1 aromatic heterocycles. The van der Waals surface area contributed by atoms with Crippen LogP contribution in [0.1, 0.15) is 23.4 Å². The Labute approximate surface area is 124 Å². The van der Waals surface area contributed by atoms with E-state index in [1.165, 1.54) is 4.31 Å². The van der Waals surface area contributed by atoms with Gasteiger partial charge in [0.05, 0.1) is 0 Å². The van der Waals surface area contributed by atoms with Crippen molar-refractivity contribution in [3.8, 4) is 0 Å². The molecule has 1 aromatic rings. The minimum Gasteiger partial charge on any atom is -0.475 e. The molecule has 2 heterocycles. The number of carboxylic acid groups (broad SMARTS) is 1. The van der Waals surface area contributed by atoms with Gasteiger partial charge in [-0.05, 0) is 34.7 Å². The molecule has 7 nitrogen and oxygen atoms in total. The van der Waals surface area contributed by atoms with Gasteiger partial charge in [-0.15, -0.1) is 0 Å². The monoisotopic (exact) mass is 367 g/mol. The lowest BCUT2D eigenvalue weighted by Gasteiger charge is -2.15. The quantitative estimate of drug-likeness (QED) is 0.807. The van der Waals surface area contributed by atoms with Gasteiger partial charge in [-0.25, -0.2) is 13.2 Å². The summed E-state index contributed by atoms with van der Waals surface area (Å²) < 4.78 is 30.9. The molecule has 0 spiro atoms. The number of carboxylic acids is 1. The van der Waals surface area contributed by atoms with Crippen molar-refractivity contribution in [2.24, 2.45) is 5.92 Å². The van der Waals surface area contributed by atoms with E-state index in [1.807, 2.05) is 0 Å². The molecule has 0 bridgehead atoms. The second kappa shape index (κ2) is 5.84. The molecule has 1 unspecified atom stereocenters. The van der Waals surface area contributed by atoms with Crippen LogP contribution in [-0.2, 0) is 10.0 Å². The number of furan rings is 1. The highest BCUT2D eigenvalue weighted by atomic mass is 79.9. The third kappa shape index (κ3) is 2.90. The Bertz CT molecular complexity index is 610. The average molecular weight is 368 g/mol. The Morgan fingerprint density at radius 1 is 1.55 bits per heavy atom. The van der Waals surface area contributed by atoms with Crippen LogP contribution in [0.4, 0.5) is 0 Å². The first-order chi connectivity index (χ1) is 9.36. The van der Waals surface area contributed by atoms with Gasteiger partial charge < -0.3 is 14.6 Å². The molecule has 1 aliphatic rings. The number of sulfonamides is 1. The van der Waals surface area contributed by atoms with E-state index in [1.54, 1.807) is 0 Å². The fraction of sp³-hybridized carbons (Fsp3) is 0.545. The van der Waals surface area contributed by atoms with Gasteiger partial charge in [0.15, 0.2) is 4.67 Å². The molecule has 1 aliphatic heterocycles. The van der Waals surface area contributed by atoms with Crippen molar-refractivity contribution < 1.29 is 27.8 Å². The van der Waals surface area contributed by atoms with E-state index in [4.69, 9.17) is 14.6 Å². The molecule has 1 fully saturated rings. The number of hydrogen-bond donors (Lipinski definition) is 2. The normalized spacial score (nSPS) is 20.4. The second-order valence-electron chi connectivity index (χ2n) is 4.58. The van der Waals surface area contributed by atoms with E-state index in [0.717, 1.165) is 6.07 Å². The molecule has 2 N–H and O–H groups in total. The highest BCUT2D eigenvalue weighted by molar-refractivity contribution is 9.10. The van der Waals surface area contributed by atoms with Gasteiger partial charge in [-0.3, -0.25) is 0 Å². The number of hydrogen-bond acceptors (Lipinski definition) is 5. The number of aliphatic hydroxyl groups excluding tert-OH is 1. The third-order valence-electron chi connectivity index (χ3n) is 3.27. The van der Waals surface area contributed by atoms with Gasteiger partial charge in [-0.1, -0.05) is 0 Å². The summed E-state index contributed by atoms with van der Waals surface area (Å²) in [5, 5.41) is 17.7. The Morgan fingerprint density at radius 3 is 2.80 bits per heavy atom. The van der Waals surface area contributed by atoms with E-state index in [9.17, 15) is 13.2 Å². The van der Waals surface area contributed by atoms with Crippen LogP contribution in [0.3, 0.4) is 0 Å². The molecule has 0 aromatic carbocycles. The van der Waals surface area contributed by atoms with Crippen LogP contribution in [0.5, 0.6) is 0 Å². The van der Waals surface area contributed by atoms with E-state index in [2.05, 4.69) is 15.9 Å². The summed E-state index contributed by atoms with van der Waals surface area (Å²) in [6.07, 6.45) is 1.24. The van der Waals surface area contributed by atoms with Crippen molar-refractivity contribution in [3.63, 3.8) is 0 Å². The molecular formula is C11H14BrNO6S. The van der Waals surface area contributed by atoms with Crippen molar-refractivity contribution in [2.45, 2.75) is 17.7 Å². The lowest BCUT2D eigenvalue weighted by molar-refractivity contribution is 0.0661. The van der Waals surface area contributed by atoms with E-state index in [-0.39, 0.29) is 22.1 Å². The predicted octanol–water partition coefficient (Wildman–Crippen LogP) is 1.13. The number of nitrogens with zero attached hydrogens (tertiary/aromatic N) is 1. The summed E-state index contributed by atoms with van der Waals surface area (Å²) in [5.41, 5.74) is 0. The van der Waals surface area contributed by atoms with Crippen LogP contribution in [0.2, 0.25) is 0 Å². The van der Waals surface area contributed by atoms with Crippen LogP contribution >= 0.6 is 15.9 Å². The first-order valence-electron chi connectivity index (χ1n) is 6.00. The zero-order valence-corrected chi connectivity index (χ0v) is 12.9. The first-order valence-corrected chi connectivity index (χ1v) is 8.23. The van der Waals surface area contributed by atoms with E-state index < -0.39 is 21.8 Å². The fourth-order valence-electron chi connectivity index (χ4n) is 2.21. The Kier molecular flexibility index (Phi) is 4.52. The van der Waals surface area contributed by atoms with Gasteiger partial charge in [0.1, 0.15) is 4.90 Å². The number of rotatable bonds is 5. The number of aliphatic hydroxyl groups is 1. The summed E-state index contributed by atoms with van der Waals surface area (Å²) in [5.74, 6) is -1.63. The molecular weight excluding hydrogens is 354 g/mol. The second-order valence-corrected chi connectivity index (χ2v) is 7.21. The largest absolute Gasteiger partial charge is 0.475 e. The van der Waals surface area contributed by atoms with Crippen LogP contribution in [0, 0.1) is 5.92 Å². The third-order valence-corrected chi connectivity index (χ3v) is 5.99. The van der Waals surface area contributed by atoms with Gasteiger partial charge in [-0.2, -0.15) is 4.31 Å². The standard InChI is InChI=1S/C11H14BrNO6S/c12-10-9(5-8(19-10)11(15)16)20(17,18)13-3-1-7(6-13)2-4-14/h5,7,14H,1-4,6H2,(H,15,16). The van der Waals surface area contributed by atoms with Crippen molar-refractivity contribution in [1.82, 2.24) is 4.31 Å². The summed E-state index contributed by atoms with van der Waals surface area (Å²) in [7, 11) is -3.79. The zero-order valence-electron chi connectivity index (χ0n) is 10.5. The summed E-state index contributed by atoms with van der Waals surface area (Å²) in [6, 6.07) is 1.00. The number of carbonyl (C=O) groups is 1. The van der Waals surface area contributed by atoms with Gasteiger partial charge in [0.2, 0.25) is 15.8 Å². The maximum Gasteiger partial charge on any atom is 0.371 e. The van der Waals surface area contributed by atoms with Crippen LogP contribution in [-0.4, -0.2) is 48.6 Å². The minimum atomic E-state index is -3.79. The highest BCUT2D eigenvalue weighted by Gasteiger charge is 2.35. The van der Waals surface area contributed by atoms with E-state index in [0.29, 0.717) is 25.9 Å². The van der Waals surface area contributed by atoms with Gasteiger partial charge >= 0.3 is 5.97 Å². The smallest absolute Gasteiger partial charge is 0.371 e. The minimum absolute atomic E-state index is 0.0249. The lowest BCUT2D eigenvalue weighted by atomic mass is 10.1. The van der Waals surface area contributed by atoms with Crippen molar-refractivity contribution in [1.29, 1.82) is 0 Å². The van der Waals surface area contributed by atoms with Crippen molar-refractivity contribution in [2.75, 3.05) is 19.7 Å². The number of halogens is 1. The maximum absolute atomic E-state index is 12.4. The molecule has 1 atom stereocenters. The van der Waals surface area contributed by atoms with Crippen LogP contribution < -0.4 is 0 Å². The number of aromatic carboxylic acids is 1. The SMILES string of the molecule is O=C(O)c1cc(S(=O)(=O)N2CCC(CCO)C2)c(Br)o1. The molecule has 0 radical (unpaired) electrons. The predicted molar refractivity (Wildman–Crippen MR) is 71.9 cm³/mol. The van der Waals surface area contributed by atoms with E-state index >= 15 is 0 Å². The van der Waals surface area contributed by atoms with Crippen LogP contribution in [0.25, 0.3) is 0 Å². The Morgan fingerprint density at radius 2 is 2.25 bits per heavy atom. The molecule has 2 rings (SSSR count). The maximum atomic E-state index is 12.4. The highest BCUT2D eigenvalue weighted by Crippen LogP contribution is 2.32. The van der Waals surface area contributed by atoms with Crippen molar-refractivity contribution in [3.05, 3.63) is 16.5 Å². The van der Waals surface area contributed by atoms with Crippen molar-refractivity contribution >= 4 is 31.9 Å². The Hall–Kier alpha value is -0.900. The molecule has 9 heteroatoms. The van der Waals surface area contributed by atoms with Gasteiger partial charge in [0, 0.05) is 25.8 Å². The molecule has 0 amide bonds. The summed E-state index contributed by atoms with van der Waals surface area (Å²) in [4.78, 5) is 10.6. The molecule has 0 aliphatic carbocycles.